The molecule has 21 heavy (non-hydrogen) atoms. The molecule has 1 aliphatic rings. The molecule has 2 rings (SSSR count). The molecule has 0 saturated carbocycles. The molecule has 2 N–H and O–H groups in total. The molecular formula is C14H18F3NOS2. The Balaban J connectivity index is 1.78. The highest BCUT2D eigenvalue weighted by molar-refractivity contribution is 8.06. The van der Waals surface area contributed by atoms with Gasteiger partial charge in [-0.25, -0.2) is 0 Å². The Morgan fingerprint density at radius 1 is 1.24 bits per heavy atom. The summed E-state index contributed by atoms with van der Waals surface area (Å²) in [6, 6.07) is 4.68. The van der Waals surface area contributed by atoms with Gasteiger partial charge in [-0.1, -0.05) is 12.1 Å². The van der Waals surface area contributed by atoms with Gasteiger partial charge in [-0.15, -0.1) is 0 Å². The van der Waals surface area contributed by atoms with Crippen molar-refractivity contribution in [2.75, 3.05) is 30.3 Å². The fraction of sp³-hybridized carbons (Fsp3) is 0.571. The van der Waals surface area contributed by atoms with E-state index in [4.69, 9.17) is 0 Å². The van der Waals surface area contributed by atoms with Gasteiger partial charge >= 0.3 is 6.18 Å². The molecule has 1 heterocycles. The van der Waals surface area contributed by atoms with Crippen LogP contribution in [0.3, 0.4) is 0 Å². The molecule has 0 bridgehead atoms. The molecule has 0 amide bonds. The number of benzene rings is 1. The summed E-state index contributed by atoms with van der Waals surface area (Å²) in [7, 11) is 0. The zero-order valence-corrected chi connectivity index (χ0v) is 13.0. The fourth-order valence-electron chi connectivity index (χ4n) is 2.05. The van der Waals surface area contributed by atoms with E-state index in [9.17, 15) is 18.3 Å². The molecule has 2 unspecified atom stereocenters. The number of nitrogens with one attached hydrogen (secondary N) is 1. The number of hydrogen-bond acceptors (Lipinski definition) is 4. The van der Waals surface area contributed by atoms with Crippen molar-refractivity contribution in [3.8, 4) is 0 Å². The summed E-state index contributed by atoms with van der Waals surface area (Å²) in [6.07, 6.45) is -5.12. The first kappa shape index (κ1) is 17.0. The Morgan fingerprint density at radius 3 is 2.52 bits per heavy atom. The SMILES string of the molecule is OC(CNCC1CSCCS1)c1ccc(C(F)(F)F)cc1. The summed E-state index contributed by atoms with van der Waals surface area (Å²) < 4.78 is 37.4. The van der Waals surface area contributed by atoms with Crippen molar-refractivity contribution in [2.24, 2.45) is 0 Å². The van der Waals surface area contributed by atoms with Crippen molar-refractivity contribution in [3.05, 3.63) is 35.4 Å². The molecule has 0 radical (unpaired) electrons. The average molecular weight is 337 g/mol. The smallest absolute Gasteiger partial charge is 0.387 e. The van der Waals surface area contributed by atoms with Gasteiger partial charge in [-0.2, -0.15) is 36.7 Å². The number of thioether (sulfide) groups is 2. The van der Waals surface area contributed by atoms with Crippen molar-refractivity contribution >= 4 is 23.5 Å². The molecule has 118 valence electrons. The first-order chi connectivity index (χ1) is 9.97. The second kappa shape index (κ2) is 7.76. The predicted molar refractivity (Wildman–Crippen MR) is 82.8 cm³/mol. The van der Waals surface area contributed by atoms with Crippen molar-refractivity contribution in [3.63, 3.8) is 0 Å². The minimum atomic E-state index is -4.34. The Bertz CT molecular complexity index is 433. The third-order valence-electron chi connectivity index (χ3n) is 3.22. The van der Waals surface area contributed by atoms with Crippen LogP contribution in [0.15, 0.2) is 24.3 Å². The lowest BCUT2D eigenvalue weighted by Gasteiger charge is -2.22. The maximum atomic E-state index is 12.5. The van der Waals surface area contributed by atoms with Gasteiger partial charge in [0.15, 0.2) is 0 Å². The monoisotopic (exact) mass is 337 g/mol. The van der Waals surface area contributed by atoms with E-state index in [1.54, 1.807) is 0 Å². The summed E-state index contributed by atoms with van der Waals surface area (Å²) in [4.78, 5) is 0. The number of aliphatic hydroxyl groups excluding tert-OH is 1. The van der Waals surface area contributed by atoms with Crippen molar-refractivity contribution in [2.45, 2.75) is 17.5 Å². The molecule has 0 aromatic heterocycles. The van der Waals surface area contributed by atoms with Crippen LogP contribution < -0.4 is 5.32 Å². The van der Waals surface area contributed by atoms with Crippen LogP contribution >= 0.6 is 23.5 Å². The summed E-state index contributed by atoms with van der Waals surface area (Å²) in [5, 5.41) is 13.7. The van der Waals surface area contributed by atoms with Crippen molar-refractivity contribution < 1.29 is 18.3 Å². The Kier molecular flexibility index (Phi) is 6.28. The van der Waals surface area contributed by atoms with Crippen LogP contribution in [-0.2, 0) is 6.18 Å². The van der Waals surface area contributed by atoms with Crippen LogP contribution in [0.1, 0.15) is 17.2 Å². The molecule has 1 aliphatic heterocycles. The fourth-order valence-corrected chi connectivity index (χ4v) is 4.69. The molecule has 2 nitrogen and oxygen atoms in total. The number of rotatable bonds is 5. The van der Waals surface area contributed by atoms with Gasteiger partial charge in [0.1, 0.15) is 0 Å². The average Bonchev–Trinajstić information content (AvgIpc) is 2.47. The predicted octanol–water partition coefficient (Wildman–Crippen LogP) is 3.18. The highest BCUT2D eigenvalue weighted by Gasteiger charge is 2.30. The molecule has 7 heteroatoms. The minimum absolute atomic E-state index is 0.354. The molecule has 1 aromatic rings. The largest absolute Gasteiger partial charge is 0.416 e. The second-order valence-corrected chi connectivity index (χ2v) is 7.42. The lowest BCUT2D eigenvalue weighted by Crippen LogP contribution is -2.31. The quantitative estimate of drug-likeness (QED) is 0.864. The van der Waals surface area contributed by atoms with Gasteiger partial charge in [0.05, 0.1) is 11.7 Å². The zero-order valence-electron chi connectivity index (χ0n) is 11.4. The van der Waals surface area contributed by atoms with Crippen LogP contribution in [0.25, 0.3) is 0 Å². The van der Waals surface area contributed by atoms with Gasteiger partial charge in [0, 0.05) is 35.6 Å². The first-order valence-corrected chi connectivity index (χ1v) is 8.92. The van der Waals surface area contributed by atoms with Gasteiger partial charge < -0.3 is 10.4 Å². The third kappa shape index (κ3) is 5.39. The van der Waals surface area contributed by atoms with Gasteiger partial charge in [-0.05, 0) is 17.7 Å². The lowest BCUT2D eigenvalue weighted by atomic mass is 10.1. The first-order valence-electron chi connectivity index (χ1n) is 6.72. The van der Waals surface area contributed by atoms with E-state index in [0.717, 1.165) is 30.2 Å². The second-order valence-electron chi connectivity index (χ2n) is 4.86. The Morgan fingerprint density at radius 2 is 1.95 bits per heavy atom. The van der Waals surface area contributed by atoms with Crippen molar-refractivity contribution in [1.82, 2.24) is 5.32 Å². The Hall–Kier alpha value is -0.370. The van der Waals surface area contributed by atoms with Crippen LogP contribution in [0.2, 0.25) is 0 Å². The minimum Gasteiger partial charge on any atom is -0.387 e. The molecule has 1 saturated heterocycles. The van der Waals surface area contributed by atoms with E-state index in [2.05, 4.69) is 5.32 Å². The standard InChI is InChI=1S/C14H18F3NOS2/c15-14(16,17)11-3-1-10(2-4-11)13(19)8-18-7-12-9-20-5-6-21-12/h1-4,12-13,18-19H,5-9H2. The number of aliphatic hydroxyl groups is 1. The van der Waals surface area contributed by atoms with Crippen LogP contribution in [0.4, 0.5) is 13.2 Å². The van der Waals surface area contributed by atoms with E-state index in [-0.39, 0.29) is 0 Å². The highest BCUT2D eigenvalue weighted by Crippen LogP contribution is 2.30. The topological polar surface area (TPSA) is 32.3 Å². The lowest BCUT2D eigenvalue weighted by molar-refractivity contribution is -0.137. The third-order valence-corrected chi connectivity index (χ3v) is 6.06. The van der Waals surface area contributed by atoms with Crippen molar-refractivity contribution in [1.29, 1.82) is 0 Å². The summed E-state index contributed by atoms with van der Waals surface area (Å²) in [6.45, 7) is 1.17. The highest BCUT2D eigenvalue weighted by atomic mass is 32.2. The maximum Gasteiger partial charge on any atom is 0.416 e. The maximum absolute atomic E-state index is 12.5. The normalized spacial score (nSPS) is 21.2. The molecule has 1 aromatic carbocycles. The van der Waals surface area contributed by atoms with Gasteiger partial charge in [-0.3, -0.25) is 0 Å². The van der Waals surface area contributed by atoms with Gasteiger partial charge in [0.2, 0.25) is 0 Å². The van der Waals surface area contributed by atoms with E-state index in [1.807, 2.05) is 23.5 Å². The van der Waals surface area contributed by atoms with Crippen LogP contribution in [-0.4, -0.2) is 40.7 Å². The molecule has 0 spiro atoms. The Labute approximate surface area is 130 Å². The molecule has 2 atom stereocenters. The van der Waals surface area contributed by atoms with Crippen LogP contribution in [0, 0.1) is 0 Å². The number of halogens is 3. The number of alkyl halides is 3. The van der Waals surface area contributed by atoms with E-state index in [0.29, 0.717) is 17.4 Å². The summed E-state index contributed by atoms with van der Waals surface area (Å²) in [5.41, 5.74) is -0.191. The molecule has 1 fully saturated rings. The van der Waals surface area contributed by atoms with E-state index >= 15 is 0 Å². The van der Waals surface area contributed by atoms with Gasteiger partial charge in [0.25, 0.3) is 0 Å². The number of hydrogen-bond donors (Lipinski definition) is 2. The summed E-state index contributed by atoms with van der Waals surface area (Å²) in [5.74, 6) is 3.45. The summed E-state index contributed by atoms with van der Waals surface area (Å²) >= 11 is 3.86. The van der Waals surface area contributed by atoms with Crippen LogP contribution in [0.5, 0.6) is 0 Å². The molecular weight excluding hydrogens is 319 g/mol. The zero-order chi connectivity index (χ0) is 15.3. The molecule has 0 aliphatic carbocycles. The van der Waals surface area contributed by atoms with E-state index in [1.165, 1.54) is 17.9 Å². The van der Waals surface area contributed by atoms with E-state index < -0.39 is 17.8 Å².